The van der Waals surface area contributed by atoms with Gasteiger partial charge >= 0.3 is 0 Å². The van der Waals surface area contributed by atoms with E-state index in [9.17, 15) is 9.18 Å². The van der Waals surface area contributed by atoms with Crippen molar-refractivity contribution in [1.29, 1.82) is 0 Å². The Labute approximate surface area is 204 Å². The van der Waals surface area contributed by atoms with Crippen molar-refractivity contribution in [2.45, 2.75) is 19.9 Å². The van der Waals surface area contributed by atoms with Crippen LogP contribution in [0.1, 0.15) is 34.5 Å². The molecule has 1 atom stereocenters. The van der Waals surface area contributed by atoms with Gasteiger partial charge < -0.3 is 15.5 Å². The second kappa shape index (κ2) is 10.5. The lowest BCUT2D eigenvalue weighted by Crippen LogP contribution is -2.15. The number of fused-ring (bicyclic) bond motifs is 1. The first-order valence-electron chi connectivity index (χ1n) is 10.7. The standard InChI is InChI=1S/C26H26FN5O.ClH/c1-16-5-14-22-23(15-16)30-26(32(3)4)31-24(22)28-17(2)18-8-12-21(13-9-18)29-25(33)19-6-10-20(27)11-7-19;/h5-15,17H,1-4H3,(H,29,33)(H,28,30,31);1H/t17-;/m0./s1. The van der Waals surface area contributed by atoms with Crippen molar-refractivity contribution in [3.63, 3.8) is 0 Å². The highest BCUT2D eigenvalue weighted by atomic mass is 35.5. The van der Waals surface area contributed by atoms with E-state index in [1.807, 2.05) is 56.3 Å². The molecule has 0 radical (unpaired) electrons. The first-order valence-corrected chi connectivity index (χ1v) is 10.7. The Hall–Kier alpha value is -3.71. The summed E-state index contributed by atoms with van der Waals surface area (Å²) in [5.74, 6) is 0.751. The number of nitrogens with one attached hydrogen (secondary N) is 2. The lowest BCUT2D eigenvalue weighted by molar-refractivity contribution is 0.102. The van der Waals surface area contributed by atoms with Gasteiger partial charge in [-0.15, -0.1) is 12.4 Å². The molecule has 176 valence electrons. The number of hydrogen-bond acceptors (Lipinski definition) is 5. The highest BCUT2D eigenvalue weighted by Crippen LogP contribution is 2.28. The van der Waals surface area contributed by atoms with Crippen LogP contribution in [0, 0.1) is 12.7 Å². The maximum atomic E-state index is 13.1. The number of nitrogens with zero attached hydrogens (tertiary/aromatic N) is 3. The zero-order valence-electron chi connectivity index (χ0n) is 19.5. The van der Waals surface area contributed by atoms with E-state index in [2.05, 4.69) is 34.7 Å². The van der Waals surface area contributed by atoms with Crippen molar-refractivity contribution in [2.75, 3.05) is 29.6 Å². The summed E-state index contributed by atoms with van der Waals surface area (Å²) >= 11 is 0. The molecule has 1 heterocycles. The number of hydrogen-bond donors (Lipinski definition) is 2. The predicted molar refractivity (Wildman–Crippen MR) is 139 cm³/mol. The summed E-state index contributed by atoms with van der Waals surface area (Å²) in [5.41, 5.74) is 4.14. The fraction of sp³-hybridized carbons (Fsp3) is 0.192. The lowest BCUT2D eigenvalue weighted by atomic mass is 10.1. The molecule has 3 aromatic carbocycles. The summed E-state index contributed by atoms with van der Waals surface area (Å²) < 4.78 is 13.1. The van der Waals surface area contributed by atoms with E-state index in [1.165, 1.54) is 24.3 Å². The normalized spacial score (nSPS) is 11.4. The van der Waals surface area contributed by atoms with Crippen molar-refractivity contribution in [2.24, 2.45) is 0 Å². The molecule has 6 nitrogen and oxygen atoms in total. The van der Waals surface area contributed by atoms with Crippen LogP contribution in [0.4, 0.5) is 21.8 Å². The minimum Gasteiger partial charge on any atom is -0.363 e. The average Bonchev–Trinajstić information content (AvgIpc) is 2.79. The third-order valence-electron chi connectivity index (χ3n) is 5.37. The molecule has 0 spiro atoms. The van der Waals surface area contributed by atoms with Crippen LogP contribution >= 0.6 is 12.4 Å². The second-order valence-corrected chi connectivity index (χ2v) is 8.24. The highest BCUT2D eigenvalue weighted by molar-refractivity contribution is 6.04. The molecular weight excluding hydrogens is 453 g/mol. The van der Waals surface area contributed by atoms with E-state index in [-0.39, 0.29) is 30.2 Å². The summed E-state index contributed by atoms with van der Waals surface area (Å²) in [7, 11) is 3.84. The molecule has 34 heavy (non-hydrogen) atoms. The minimum absolute atomic E-state index is 0. The first kappa shape index (κ1) is 24.9. The van der Waals surface area contributed by atoms with E-state index in [0.717, 1.165) is 27.8 Å². The van der Waals surface area contributed by atoms with Crippen molar-refractivity contribution < 1.29 is 9.18 Å². The van der Waals surface area contributed by atoms with Gasteiger partial charge in [0.15, 0.2) is 0 Å². The molecule has 0 saturated heterocycles. The predicted octanol–water partition coefficient (Wildman–Crippen LogP) is 5.99. The molecule has 2 N–H and O–H groups in total. The number of carbonyl (C=O) groups excluding carboxylic acids is 1. The highest BCUT2D eigenvalue weighted by Gasteiger charge is 2.13. The maximum absolute atomic E-state index is 13.1. The Morgan fingerprint density at radius 1 is 0.971 bits per heavy atom. The van der Waals surface area contributed by atoms with Crippen molar-refractivity contribution in [3.05, 3.63) is 89.2 Å². The van der Waals surface area contributed by atoms with Crippen LogP contribution in [0.3, 0.4) is 0 Å². The number of rotatable bonds is 6. The van der Waals surface area contributed by atoms with Gasteiger partial charge in [-0.05, 0) is 73.5 Å². The SMILES string of the molecule is Cc1ccc2c(N[C@@H](C)c3ccc(NC(=O)c4ccc(F)cc4)cc3)nc(N(C)C)nc2c1.Cl. The maximum Gasteiger partial charge on any atom is 0.255 e. The molecule has 0 saturated carbocycles. The Bertz CT molecular complexity index is 1290. The Kier molecular flexibility index (Phi) is 7.68. The van der Waals surface area contributed by atoms with Gasteiger partial charge in [0.2, 0.25) is 5.95 Å². The van der Waals surface area contributed by atoms with E-state index < -0.39 is 0 Å². The van der Waals surface area contributed by atoms with Crippen molar-refractivity contribution in [1.82, 2.24) is 9.97 Å². The Morgan fingerprint density at radius 2 is 1.65 bits per heavy atom. The average molecular weight is 480 g/mol. The summed E-state index contributed by atoms with van der Waals surface area (Å²) in [6.07, 6.45) is 0. The summed E-state index contributed by atoms with van der Waals surface area (Å²) in [6, 6.07) is 19.2. The van der Waals surface area contributed by atoms with Crippen LogP contribution < -0.4 is 15.5 Å². The van der Waals surface area contributed by atoms with Gasteiger partial charge in [-0.25, -0.2) is 9.37 Å². The largest absolute Gasteiger partial charge is 0.363 e. The molecule has 0 fully saturated rings. The molecule has 0 aliphatic rings. The van der Waals surface area contributed by atoms with Gasteiger partial charge in [-0.2, -0.15) is 4.98 Å². The van der Waals surface area contributed by atoms with Gasteiger partial charge in [0.05, 0.1) is 5.52 Å². The summed E-state index contributed by atoms with van der Waals surface area (Å²) in [6.45, 7) is 4.10. The van der Waals surface area contributed by atoms with Crippen LogP contribution in [-0.4, -0.2) is 30.0 Å². The molecule has 1 amide bonds. The fourth-order valence-electron chi connectivity index (χ4n) is 3.49. The van der Waals surface area contributed by atoms with Crippen LogP contribution in [0.5, 0.6) is 0 Å². The van der Waals surface area contributed by atoms with E-state index >= 15 is 0 Å². The summed E-state index contributed by atoms with van der Waals surface area (Å²) in [4.78, 5) is 23.6. The van der Waals surface area contributed by atoms with Crippen LogP contribution in [-0.2, 0) is 0 Å². The molecular formula is C26H27ClFN5O. The molecule has 0 bridgehead atoms. The zero-order valence-corrected chi connectivity index (χ0v) is 20.3. The Balaban J connectivity index is 0.00000324. The van der Waals surface area contributed by atoms with Crippen LogP contribution in [0.25, 0.3) is 10.9 Å². The number of halogens is 2. The van der Waals surface area contributed by atoms with Crippen LogP contribution in [0.2, 0.25) is 0 Å². The number of carbonyl (C=O) groups is 1. The third-order valence-corrected chi connectivity index (χ3v) is 5.37. The molecule has 0 aliphatic carbocycles. The topological polar surface area (TPSA) is 70.2 Å². The Morgan fingerprint density at radius 3 is 2.29 bits per heavy atom. The van der Waals surface area contributed by atoms with Crippen molar-refractivity contribution in [3.8, 4) is 0 Å². The van der Waals surface area contributed by atoms with Gasteiger partial charge in [0.1, 0.15) is 11.6 Å². The summed E-state index contributed by atoms with van der Waals surface area (Å²) in [5, 5.41) is 7.30. The van der Waals surface area contributed by atoms with Crippen molar-refractivity contribution >= 4 is 46.7 Å². The molecule has 8 heteroatoms. The first-order chi connectivity index (χ1) is 15.8. The third kappa shape index (κ3) is 5.61. The molecule has 4 aromatic rings. The molecule has 0 aliphatic heterocycles. The van der Waals surface area contributed by atoms with E-state index in [4.69, 9.17) is 4.98 Å². The molecule has 4 rings (SSSR count). The molecule has 1 aromatic heterocycles. The lowest BCUT2D eigenvalue weighted by Gasteiger charge is -2.19. The number of benzene rings is 3. The number of amides is 1. The van der Waals surface area contributed by atoms with E-state index in [1.54, 1.807) is 0 Å². The smallest absolute Gasteiger partial charge is 0.255 e. The van der Waals surface area contributed by atoms with Gasteiger partial charge in [-0.1, -0.05) is 18.2 Å². The number of aromatic nitrogens is 2. The number of anilines is 3. The monoisotopic (exact) mass is 479 g/mol. The molecule has 0 unspecified atom stereocenters. The zero-order chi connectivity index (χ0) is 23.5. The second-order valence-electron chi connectivity index (χ2n) is 8.24. The minimum atomic E-state index is -0.373. The quantitative estimate of drug-likeness (QED) is 0.355. The van der Waals surface area contributed by atoms with Gasteiger partial charge in [-0.3, -0.25) is 4.79 Å². The van der Waals surface area contributed by atoms with E-state index in [0.29, 0.717) is 17.2 Å². The van der Waals surface area contributed by atoms with Gasteiger partial charge in [0, 0.05) is 36.8 Å². The number of aryl methyl sites for hydroxylation is 1. The fourth-order valence-corrected chi connectivity index (χ4v) is 3.49. The van der Waals surface area contributed by atoms with Crippen LogP contribution in [0.15, 0.2) is 66.7 Å². The van der Waals surface area contributed by atoms with Gasteiger partial charge in [0.25, 0.3) is 5.91 Å².